The lowest BCUT2D eigenvalue weighted by atomic mass is 10.1. The smallest absolute Gasteiger partial charge is 0.193 e. The molecule has 0 aliphatic carbocycles. The monoisotopic (exact) mass is 463 g/mol. The summed E-state index contributed by atoms with van der Waals surface area (Å²) in [4.78, 5) is 6.75. The highest BCUT2D eigenvalue weighted by atomic mass is 127. The van der Waals surface area contributed by atoms with Gasteiger partial charge in [0.25, 0.3) is 0 Å². The minimum absolute atomic E-state index is 0. The van der Waals surface area contributed by atoms with Crippen molar-refractivity contribution in [3.05, 3.63) is 35.4 Å². The average molecular weight is 463 g/mol. The molecular formula is C18H30IN3OS. The van der Waals surface area contributed by atoms with Crippen LogP contribution < -0.4 is 5.32 Å². The maximum Gasteiger partial charge on any atom is 0.193 e. The van der Waals surface area contributed by atoms with Crippen molar-refractivity contribution >= 4 is 41.7 Å². The lowest BCUT2D eigenvalue weighted by Gasteiger charge is -2.21. The van der Waals surface area contributed by atoms with Crippen molar-refractivity contribution < 1.29 is 4.74 Å². The van der Waals surface area contributed by atoms with Gasteiger partial charge in [-0.25, -0.2) is 0 Å². The van der Waals surface area contributed by atoms with Gasteiger partial charge in [-0.2, -0.15) is 11.8 Å². The van der Waals surface area contributed by atoms with Crippen LogP contribution in [0, 0.1) is 12.8 Å². The van der Waals surface area contributed by atoms with Crippen molar-refractivity contribution in [3.63, 3.8) is 0 Å². The predicted octanol–water partition coefficient (Wildman–Crippen LogP) is 3.39. The molecule has 6 heteroatoms. The van der Waals surface area contributed by atoms with Gasteiger partial charge >= 0.3 is 0 Å². The molecule has 1 aromatic rings. The van der Waals surface area contributed by atoms with Gasteiger partial charge in [-0.15, -0.1) is 24.0 Å². The predicted molar refractivity (Wildman–Crippen MR) is 116 cm³/mol. The number of thioether (sulfide) groups is 1. The molecule has 1 unspecified atom stereocenters. The third-order valence-electron chi connectivity index (χ3n) is 4.12. The van der Waals surface area contributed by atoms with Crippen LogP contribution in [-0.2, 0) is 10.5 Å². The van der Waals surface area contributed by atoms with Gasteiger partial charge in [0.15, 0.2) is 5.96 Å². The Hall–Kier alpha value is -0.470. The molecule has 1 aliphatic rings. The van der Waals surface area contributed by atoms with Crippen LogP contribution in [0.2, 0.25) is 0 Å². The Morgan fingerprint density at radius 1 is 1.38 bits per heavy atom. The Morgan fingerprint density at radius 2 is 2.12 bits per heavy atom. The zero-order chi connectivity index (χ0) is 16.5. The van der Waals surface area contributed by atoms with E-state index >= 15 is 0 Å². The number of aliphatic imine (C=N–C) groups is 1. The van der Waals surface area contributed by atoms with E-state index in [1.807, 2.05) is 18.8 Å². The Bertz CT molecular complexity index is 496. The molecule has 24 heavy (non-hydrogen) atoms. The number of hydrogen-bond donors (Lipinski definition) is 1. The number of nitrogens with one attached hydrogen (secondary N) is 1. The number of benzene rings is 1. The van der Waals surface area contributed by atoms with Crippen LogP contribution in [0.3, 0.4) is 0 Å². The molecular weight excluding hydrogens is 433 g/mol. The van der Waals surface area contributed by atoms with Crippen molar-refractivity contribution in [2.45, 2.75) is 19.1 Å². The van der Waals surface area contributed by atoms with Gasteiger partial charge in [-0.05, 0) is 18.9 Å². The Kier molecular flexibility index (Phi) is 10.8. The summed E-state index contributed by atoms with van der Waals surface area (Å²) in [5.41, 5.74) is 2.72. The molecule has 2 rings (SSSR count). The first kappa shape index (κ1) is 21.6. The number of hydrogen-bond acceptors (Lipinski definition) is 3. The third-order valence-corrected chi connectivity index (χ3v) is 5.15. The molecule has 1 fully saturated rings. The average Bonchev–Trinajstić information content (AvgIpc) is 3.01. The number of ether oxygens (including phenoxy) is 1. The summed E-state index contributed by atoms with van der Waals surface area (Å²) in [5, 5.41) is 3.48. The molecule has 1 saturated heterocycles. The van der Waals surface area contributed by atoms with Crippen LogP contribution in [-0.4, -0.2) is 57.0 Å². The maximum atomic E-state index is 5.26. The van der Waals surface area contributed by atoms with Crippen molar-refractivity contribution in [3.8, 4) is 0 Å². The van der Waals surface area contributed by atoms with E-state index in [0.717, 1.165) is 43.7 Å². The SMILES string of the molecule is CN=C(NCCSCc1ccc(C)cc1)N1CCC(COC)C1.I. The molecule has 0 amide bonds. The lowest BCUT2D eigenvalue weighted by Crippen LogP contribution is -2.41. The van der Waals surface area contributed by atoms with E-state index in [9.17, 15) is 0 Å². The highest BCUT2D eigenvalue weighted by molar-refractivity contribution is 14.0. The van der Waals surface area contributed by atoms with E-state index in [1.54, 1.807) is 7.11 Å². The lowest BCUT2D eigenvalue weighted by molar-refractivity contribution is 0.157. The minimum Gasteiger partial charge on any atom is -0.384 e. The van der Waals surface area contributed by atoms with Gasteiger partial charge in [0.05, 0.1) is 6.61 Å². The van der Waals surface area contributed by atoms with Gasteiger partial charge in [-0.3, -0.25) is 4.99 Å². The first-order valence-corrected chi connectivity index (χ1v) is 9.46. The summed E-state index contributed by atoms with van der Waals surface area (Å²) in [6.45, 7) is 6.05. The number of halogens is 1. The number of likely N-dealkylation sites (tertiary alicyclic amines) is 1. The van der Waals surface area contributed by atoms with Crippen molar-refractivity contribution in [2.24, 2.45) is 10.9 Å². The molecule has 1 N–H and O–H groups in total. The number of nitrogens with zero attached hydrogens (tertiary/aromatic N) is 2. The molecule has 0 aromatic heterocycles. The van der Waals surface area contributed by atoms with Gasteiger partial charge in [-0.1, -0.05) is 29.8 Å². The molecule has 0 saturated carbocycles. The highest BCUT2D eigenvalue weighted by Gasteiger charge is 2.24. The van der Waals surface area contributed by atoms with Crippen LogP contribution in [0.4, 0.5) is 0 Å². The largest absolute Gasteiger partial charge is 0.384 e. The van der Waals surface area contributed by atoms with Crippen molar-refractivity contribution in [1.82, 2.24) is 10.2 Å². The summed E-state index contributed by atoms with van der Waals surface area (Å²) >= 11 is 1.96. The van der Waals surface area contributed by atoms with Gasteiger partial charge in [0.1, 0.15) is 0 Å². The van der Waals surface area contributed by atoms with Crippen LogP contribution in [0.15, 0.2) is 29.3 Å². The zero-order valence-electron chi connectivity index (χ0n) is 15.0. The second kappa shape index (κ2) is 12.0. The third kappa shape index (κ3) is 7.19. The molecule has 1 heterocycles. The number of rotatable bonds is 7. The first-order chi connectivity index (χ1) is 11.2. The summed E-state index contributed by atoms with van der Waals surface area (Å²) in [6, 6.07) is 8.79. The van der Waals surface area contributed by atoms with E-state index in [0.29, 0.717) is 5.92 Å². The standard InChI is InChI=1S/C18H29N3OS.HI/c1-15-4-6-16(7-5-15)14-23-11-9-20-18(19-2)21-10-8-17(12-21)13-22-3;/h4-7,17H,8-14H2,1-3H3,(H,19,20);1H. The second-order valence-electron chi connectivity index (χ2n) is 6.07. The fourth-order valence-electron chi connectivity index (χ4n) is 2.84. The maximum absolute atomic E-state index is 5.26. The Balaban J connectivity index is 0.00000288. The molecule has 1 aliphatic heterocycles. The molecule has 0 bridgehead atoms. The fourth-order valence-corrected chi connectivity index (χ4v) is 3.66. The summed E-state index contributed by atoms with van der Waals surface area (Å²) < 4.78 is 5.26. The van der Waals surface area contributed by atoms with Gasteiger partial charge in [0.2, 0.25) is 0 Å². The molecule has 136 valence electrons. The Labute approximate surface area is 167 Å². The van der Waals surface area contributed by atoms with Crippen LogP contribution in [0.5, 0.6) is 0 Å². The second-order valence-corrected chi connectivity index (χ2v) is 7.17. The van der Waals surface area contributed by atoms with E-state index in [4.69, 9.17) is 4.74 Å². The number of aryl methyl sites for hydroxylation is 1. The van der Waals surface area contributed by atoms with E-state index in [2.05, 4.69) is 46.4 Å². The van der Waals surface area contributed by atoms with Gasteiger partial charge in [0, 0.05) is 51.2 Å². The zero-order valence-corrected chi connectivity index (χ0v) is 18.1. The quantitative estimate of drug-likeness (QED) is 0.291. The van der Waals surface area contributed by atoms with Crippen LogP contribution in [0.1, 0.15) is 17.5 Å². The summed E-state index contributed by atoms with van der Waals surface area (Å²) in [7, 11) is 3.65. The Morgan fingerprint density at radius 3 is 2.79 bits per heavy atom. The summed E-state index contributed by atoms with van der Waals surface area (Å²) in [5.74, 6) is 3.82. The topological polar surface area (TPSA) is 36.9 Å². The van der Waals surface area contributed by atoms with Crippen molar-refractivity contribution in [2.75, 3.05) is 46.2 Å². The molecule has 1 aromatic carbocycles. The van der Waals surface area contributed by atoms with Crippen LogP contribution in [0.25, 0.3) is 0 Å². The first-order valence-electron chi connectivity index (χ1n) is 8.30. The molecule has 4 nitrogen and oxygen atoms in total. The van der Waals surface area contributed by atoms with E-state index in [1.165, 1.54) is 17.5 Å². The molecule has 1 atom stereocenters. The molecule has 0 radical (unpaired) electrons. The number of guanidine groups is 1. The van der Waals surface area contributed by atoms with E-state index < -0.39 is 0 Å². The van der Waals surface area contributed by atoms with E-state index in [-0.39, 0.29) is 24.0 Å². The fraction of sp³-hybridized carbons (Fsp3) is 0.611. The minimum atomic E-state index is 0. The number of methoxy groups -OCH3 is 1. The highest BCUT2D eigenvalue weighted by Crippen LogP contribution is 2.16. The van der Waals surface area contributed by atoms with Crippen molar-refractivity contribution in [1.29, 1.82) is 0 Å². The normalized spacial score (nSPS) is 17.7. The summed E-state index contributed by atoms with van der Waals surface area (Å²) in [6.07, 6.45) is 1.19. The van der Waals surface area contributed by atoms with Gasteiger partial charge < -0.3 is 15.0 Å². The molecule has 0 spiro atoms. The van der Waals surface area contributed by atoms with Crippen LogP contribution >= 0.6 is 35.7 Å².